The van der Waals surface area contributed by atoms with Crippen molar-refractivity contribution >= 4 is 17.4 Å². The summed E-state index contributed by atoms with van der Waals surface area (Å²) in [7, 11) is 0. The Morgan fingerprint density at radius 3 is 3.07 bits per heavy atom. The Bertz CT molecular complexity index is 354. The number of anilines is 1. The number of halogens is 1. The van der Waals surface area contributed by atoms with E-state index in [2.05, 4.69) is 21.8 Å². The first-order valence-electron chi connectivity index (χ1n) is 5.47. The second-order valence-corrected chi connectivity index (χ2v) is 4.37. The number of nitrogens with zero attached hydrogens (tertiary/aromatic N) is 3. The number of rotatable bonds is 2. The van der Waals surface area contributed by atoms with Crippen LogP contribution >= 0.6 is 11.6 Å². The van der Waals surface area contributed by atoms with Crippen LogP contribution in [-0.2, 0) is 0 Å². The Labute approximate surface area is 95.5 Å². The van der Waals surface area contributed by atoms with Gasteiger partial charge in [-0.1, -0.05) is 18.5 Å². The van der Waals surface area contributed by atoms with Gasteiger partial charge in [0, 0.05) is 18.2 Å². The molecule has 0 saturated carbocycles. The van der Waals surface area contributed by atoms with Crippen LogP contribution in [0, 0.1) is 6.92 Å². The molecule has 1 aliphatic heterocycles. The predicted molar refractivity (Wildman–Crippen MR) is 62.4 cm³/mol. The minimum absolute atomic E-state index is 0.571. The number of aromatic nitrogens is 2. The summed E-state index contributed by atoms with van der Waals surface area (Å²) in [6.07, 6.45) is 5.23. The van der Waals surface area contributed by atoms with E-state index in [4.69, 9.17) is 11.6 Å². The molecule has 0 aromatic carbocycles. The molecule has 1 unspecified atom stereocenters. The zero-order valence-corrected chi connectivity index (χ0v) is 9.96. The Morgan fingerprint density at radius 2 is 2.33 bits per heavy atom. The summed E-state index contributed by atoms with van der Waals surface area (Å²) in [5.41, 5.74) is 1.000. The molecule has 15 heavy (non-hydrogen) atoms. The van der Waals surface area contributed by atoms with Gasteiger partial charge in [-0.05, 0) is 26.2 Å². The van der Waals surface area contributed by atoms with Crippen LogP contribution in [0.15, 0.2) is 6.33 Å². The second kappa shape index (κ2) is 4.35. The van der Waals surface area contributed by atoms with Crippen LogP contribution < -0.4 is 4.90 Å². The molecule has 4 heteroatoms. The SMILES string of the molecule is CCC1CCCN1c1ncnc(Cl)c1C. The van der Waals surface area contributed by atoms with E-state index in [-0.39, 0.29) is 0 Å². The summed E-state index contributed by atoms with van der Waals surface area (Å²) < 4.78 is 0. The summed E-state index contributed by atoms with van der Waals surface area (Å²) in [6.45, 7) is 5.30. The van der Waals surface area contributed by atoms with Crippen LogP contribution in [0.5, 0.6) is 0 Å². The van der Waals surface area contributed by atoms with Gasteiger partial charge in [0.25, 0.3) is 0 Å². The minimum atomic E-state index is 0.571. The molecule has 0 N–H and O–H groups in total. The average Bonchev–Trinajstić information content (AvgIpc) is 2.70. The molecular formula is C11H16ClN3. The van der Waals surface area contributed by atoms with Gasteiger partial charge in [0.05, 0.1) is 0 Å². The summed E-state index contributed by atoms with van der Waals surface area (Å²) in [5, 5.41) is 0.571. The number of hydrogen-bond donors (Lipinski definition) is 0. The summed E-state index contributed by atoms with van der Waals surface area (Å²) in [6, 6.07) is 0.620. The maximum atomic E-state index is 6.01. The van der Waals surface area contributed by atoms with Crippen LogP contribution in [0.4, 0.5) is 5.82 Å². The smallest absolute Gasteiger partial charge is 0.137 e. The van der Waals surface area contributed by atoms with Gasteiger partial charge in [0.2, 0.25) is 0 Å². The topological polar surface area (TPSA) is 29.0 Å². The van der Waals surface area contributed by atoms with Crippen molar-refractivity contribution in [2.45, 2.75) is 39.2 Å². The molecule has 3 nitrogen and oxygen atoms in total. The van der Waals surface area contributed by atoms with Crippen molar-refractivity contribution in [2.24, 2.45) is 0 Å². The molecule has 0 radical (unpaired) electrons. The fourth-order valence-corrected chi connectivity index (χ4v) is 2.38. The van der Waals surface area contributed by atoms with E-state index in [1.54, 1.807) is 6.33 Å². The molecule has 0 bridgehead atoms. The first-order valence-corrected chi connectivity index (χ1v) is 5.85. The molecule has 1 aliphatic rings. The van der Waals surface area contributed by atoms with Crippen molar-refractivity contribution in [3.63, 3.8) is 0 Å². The highest BCUT2D eigenvalue weighted by Gasteiger charge is 2.25. The minimum Gasteiger partial charge on any atom is -0.353 e. The second-order valence-electron chi connectivity index (χ2n) is 4.01. The van der Waals surface area contributed by atoms with Crippen LogP contribution in [0.2, 0.25) is 5.15 Å². The average molecular weight is 226 g/mol. The fourth-order valence-electron chi connectivity index (χ4n) is 2.25. The van der Waals surface area contributed by atoms with Crippen molar-refractivity contribution < 1.29 is 0 Å². The van der Waals surface area contributed by atoms with Gasteiger partial charge in [-0.25, -0.2) is 9.97 Å². The highest BCUT2D eigenvalue weighted by molar-refractivity contribution is 6.30. The highest BCUT2D eigenvalue weighted by Crippen LogP contribution is 2.29. The third-order valence-corrected chi connectivity index (χ3v) is 3.50. The van der Waals surface area contributed by atoms with Gasteiger partial charge in [-0.3, -0.25) is 0 Å². The van der Waals surface area contributed by atoms with Crippen molar-refractivity contribution in [3.8, 4) is 0 Å². The first kappa shape index (κ1) is 10.7. The molecule has 1 fully saturated rings. The first-order chi connectivity index (χ1) is 7.24. The van der Waals surface area contributed by atoms with E-state index in [1.165, 1.54) is 19.3 Å². The predicted octanol–water partition coefficient (Wildman–Crippen LogP) is 2.82. The largest absolute Gasteiger partial charge is 0.353 e. The van der Waals surface area contributed by atoms with Crippen molar-refractivity contribution in [3.05, 3.63) is 17.0 Å². The molecule has 82 valence electrons. The molecule has 2 heterocycles. The van der Waals surface area contributed by atoms with E-state index >= 15 is 0 Å². The lowest BCUT2D eigenvalue weighted by Crippen LogP contribution is -2.30. The third kappa shape index (κ3) is 1.93. The van der Waals surface area contributed by atoms with Gasteiger partial charge in [-0.2, -0.15) is 0 Å². The quantitative estimate of drug-likeness (QED) is 0.725. The van der Waals surface area contributed by atoms with Crippen LogP contribution in [0.25, 0.3) is 0 Å². The van der Waals surface area contributed by atoms with Gasteiger partial charge >= 0.3 is 0 Å². The lowest BCUT2D eigenvalue weighted by atomic mass is 10.1. The van der Waals surface area contributed by atoms with Crippen molar-refractivity contribution in [1.82, 2.24) is 9.97 Å². The van der Waals surface area contributed by atoms with Gasteiger partial charge in [0.15, 0.2) is 0 Å². The maximum Gasteiger partial charge on any atom is 0.137 e. The van der Waals surface area contributed by atoms with E-state index < -0.39 is 0 Å². The zero-order chi connectivity index (χ0) is 10.8. The number of hydrogen-bond acceptors (Lipinski definition) is 3. The monoisotopic (exact) mass is 225 g/mol. The molecule has 1 aromatic heterocycles. The normalized spacial score (nSPS) is 21.0. The van der Waals surface area contributed by atoms with Gasteiger partial charge in [0.1, 0.15) is 17.3 Å². The van der Waals surface area contributed by atoms with Gasteiger partial charge in [-0.15, -0.1) is 0 Å². The summed E-state index contributed by atoms with van der Waals surface area (Å²) in [4.78, 5) is 10.7. The van der Waals surface area contributed by atoms with Crippen LogP contribution in [-0.4, -0.2) is 22.6 Å². The molecule has 1 saturated heterocycles. The lowest BCUT2D eigenvalue weighted by Gasteiger charge is -2.26. The van der Waals surface area contributed by atoms with Crippen molar-refractivity contribution in [1.29, 1.82) is 0 Å². The van der Waals surface area contributed by atoms with E-state index in [9.17, 15) is 0 Å². The van der Waals surface area contributed by atoms with E-state index in [0.29, 0.717) is 11.2 Å². The van der Waals surface area contributed by atoms with E-state index in [0.717, 1.165) is 17.9 Å². The van der Waals surface area contributed by atoms with Crippen LogP contribution in [0.1, 0.15) is 31.7 Å². The molecule has 0 spiro atoms. The standard InChI is InChI=1S/C11H16ClN3/c1-3-9-5-4-6-15(9)11-8(2)10(12)13-7-14-11/h7,9H,3-6H2,1-2H3. The Hall–Kier alpha value is -0.830. The van der Waals surface area contributed by atoms with Crippen LogP contribution in [0.3, 0.4) is 0 Å². The molecule has 2 rings (SSSR count). The molecular weight excluding hydrogens is 210 g/mol. The molecule has 0 amide bonds. The lowest BCUT2D eigenvalue weighted by molar-refractivity contribution is 0.638. The Morgan fingerprint density at radius 1 is 1.53 bits per heavy atom. The maximum absolute atomic E-state index is 6.01. The highest BCUT2D eigenvalue weighted by atomic mass is 35.5. The van der Waals surface area contributed by atoms with Crippen molar-refractivity contribution in [2.75, 3.05) is 11.4 Å². The Balaban J connectivity index is 2.32. The summed E-state index contributed by atoms with van der Waals surface area (Å²) >= 11 is 6.01. The third-order valence-electron chi connectivity index (χ3n) is 3.12. The van der Waals surface area contributed by atoms with Gasteiger partial charge < -0.3 is 4.90 Å². The molecule has 1 atom stereocenters. The fraction of sp³-hybridized carbons (Fsp3) is 0.636. The molecule has 1 aromatic rings. The molecule has 0 aliphatic carbocycles. The summed E-state index contributed by atoms with van der Waals surface area (Å²) in [5.74, 6) is 1.01. The zero-order valence-electron chi connectivity index (χ0n) is 9.20. The van der Waals surface area contributed by atoms with E-state index in [1.807, 2.05) is 6.92 Å². The Kier molecular flexibility index (Phi) is 3.10.